The van der Waals surface area contributed by atoms with E-state index >= 15 is 0 Å². The number of hydrogen-bond donors (Lipinski definition) is 4. The number of rotatable bonds is 6. The van der Waals surface area contributed by atoms with E-state index in [0.717, 1.165) is 18.0 Å². The predicted molar refractivity (Wildman–Crippen MR) is 152 cm³/mol. The summed E-state index contributed by atoms with van der Waals surface area (Å²) in [6.45, 7) is 0.362. The zero-order chi connectivity index (χ0) is 30.4. The molecule has 226 valence electrons. The van der Waals surface area contributed by atoms with Gasteiger partial charge in [0.2, 0.25) is 5.91 Å². The van der Waals surface area contributed by atoms with Gasteiger partial charge < -0.3 is 26.2 Å². The number of carbonyl (C=O) groups excluding carboxylic acids is 5. The second-order valence-corrected chi connectivity index (χ2v) is 13.6. The van der Waals surface area contributed by atoms with Crippen molar-refractivity contribution in [2.24, 2.45) is 41.2 Å². The molecule has 1 aromatic carbocycles. The van der Waals surface area contributed by atoms with Crippen molar-refractivity contribution in [2.75, 3.05) is 33.1 Å². The molecule has 3 unspecified atom stereocenters. The summed E-state index contributed by atoms with van der Waals surface area (Å²) < 4.78 is 0. The van der Waals surface area contributed by atoms with Gasteiger partial charge in [0, 0.05) is 43.9 Å². The van der Waals surface area contributed by atoms with Crippen molar-refractivity contribution >= 4 is 34.7 Å². The van der Waals surface area contributed by atoms with Gasteiger partial charge in [0.15, 0.2) is 34.7 Å². The zero-order valence-electron chi connectivity index (χ0n) is 24.6. The van der Waals surface area contributed by atoms with Crippen molar-refractivity contribution in [3.8, 4) is 5.75 Å². The van der Waals surface area contributed by atoms with Crippen LogP contribution in [0.2, 0.25) is 0 Å². The van der Waals surface area contributed by atoms with Gasteiger partial charge in [-0.3, -0.25) is 28.9 Å². The van der Waals surface area contributed by atoms with E-state index < -0.39 is 64.4 Å². The lowest BCUT2D eigenvalue weighted by molar-refractivity contribution is -0.181. The number of benzene rings is 1. The topological polar surface area (TPSA) is 170 Å². The Kier molecular flexibility index (Phi) is 6.86. The number of amides is 1. The molecule has 0 saturated heterocycles. The van der Waals surface area contributed by atoms with Crippen LogP contribution in [0.4, 0.5) is 5.69 Å². The summed E-state index contributed by atoms with van der Waals surface area (Å²) in [5.74, 6) is -8.88. The number of phenols is 1. The summed E-state index contributed by atoms with van der Waals surface area (Å²) in [5, 5.41) is 26.9. The summed E-state index contributed by atoms with van der Waals surface area (Å²) in [6.07, 6.45) is 5.06. The molecule has 5 N–H and O–H groups in total. The van der Waals surface area contributed by atoms with Crippen molar-refractivity contribution in [1.82, 2.24) is 10.2 Å². The van der Waals surface area contributed by atoms with Crippen molar-refractivity contribution < 1.29 is 34.2 Å². The number of nitrogens with two attached hydrogens (primary N) is 1. The van der Waals surface area contributed by atoms with Gasteiger partial charge in [0.25, 0.3) is 0 Å². The first-order chi connectivity index (χ1) is 19.8. The summed E-state index contributed by atoms with van der Waals surface area (Å²) in [4.78, 5) is 70.6. The molecular formula is C31H40N4O7. The van der Waals surface area contributed by atoms with Gasteiger partial charge in [-0.15, -0.1) is 0 Å². The van der Waals surface area contributed by atoms with Gasteiger partial charge in [-0.1, -0.05) is 6.42 Å². The highest BCUT2D eigenvalue weighted by molar-refractivity contribution is 6.32. The van der Waals surface area contributed by atoms with E-state index in [-0.39, 0.29) is 24.2 Å². The molecule has 5 aliphatic rings. The van der Waals surface area contributed by atoms with Crippen LogP contribution in [-0.2, 0) is 32.1 Å². The number of carbonyl (C=O) groups is 5. The number of nitrogens with one attached hydrogen (secondary N) is 1. The van der Waals surface area contributed by atoms with Gasteiger partial charge in [-0.05, 0) is 75.6 Å². The lowest BCUT2D eigenvalue weighted by Crippen LogP contribution is -2.74. The second kappa shape index (κ2) is 9.96. The van der Waals surface area contributed by atoms with Crippen molar-refractivity contribution in [3.05, 3.63) is 22.8 Å². The van der Waals surface area contributed by atoms with Crippen molar-refractivity contribution in [1.29, 1.82) is 0 Å². The number of ketones is 4. The number of aromatic hydroxyl groups is 1. The van der Waals surface area contributed by atoms with Crippen LogP contribution in [0.5, 0.6) is 5.75 Å². The third-order valence-corrected chi connectivity index (χ3v) is 10.9. The van der Waals surface area contributed by atoms with Crippen LogP contribution in [0, 0.1) is 35.5 Å². The quantitative estimate of drug-likeness (QED) is 0.341. The smallest absolute Gasteiger partial charge is 0.235 e. The third-order valence-electron chi connectivity index (χ3n) is 10.9. The SMILES string of the molecule is CN(C)c1cc(CNC2C[C@H]3CC[C@@H]2C3)c(O)c2c1C[C@H]1C[C@H]3[C@H](N(C)C)C(=O)C(C(N)=O)C(=O)[C@@]3(O)C(=O)C1C2=O. The molecule has 5 aliphatic carbocycles. The molecule has 4 saturated carbocycles. The van der Waals surface area contributed by atoms with Crippen molar-refractivity contribution in [2.45, 2.75) is 62.8 Å². The predicted octanol–water partition coefficient (Wildman–Crippen LogP) is 0.211. The average Bonchev–Trinajstić information content (AvgIpc) is 3.53. The van der Waals surface area contributed by atoms with Gasteiger partial charge in [-0.25, -0.2) is 0 Å². The van der Waals surface area contributed by atoms with Crippen LogP contribution in [0.25, 0.3) is 0 Å². The first kappa shape index (κ1) is 28.9. The van der Waals surface area contributed by atoms with Gasteiger partial charge >= 0.3 is 0 Å². The minimum Gasteiger partial charge on any atom is -0.507 e. The van der Waals surface area contributed by atoms with Crippen LogP contribution in [-0.4, -0.2) is 90.0 Å². The maximum Gasteiger partial charge on any atom is 0.235 e. The van der Waals surface area contributed by atoms with Crippen LogP contribution in [0.1, 0.15) is 53.6 Å². The maximum absolute atomic E-state index is 14.2. The molecule has 11 nitrogen and oxygen atoms in total. The Bertz CT molecular complexity index is 1410. The number of likely N-dealkylation sites (N-methyl/N-ethyl adjacent to an activating group) is 1. The number of primary amides is 1. The van der Waals surface area contributed by atoms with E-state index in [1.807, 2.05) is 25.1 Å². The molecule has 0 radical (unpaired) electrons. The summed E-state index contributed by atoms with van der Waals surface area (Å²) in [7, 11) is 6.85. The minimum atomic E-state index is -2.72. The molecule has 0 heterocycles. The summed E-state index contributed by atoms with van der Waals surface area (Å²) in [6, 6.07) is 1.13. The lowest BCUT2D eigenvalue weighted by atomic mass is 9.52. The molecule has 11 heteroatoms. The van der Waals surface area contributed by atoms with E-state index in [9.17, 15) is 34.2 Å². The van der Waals surface area contributed by atoms with Gasteiger partial charge in [0.1, 0.15) is 5.75 Å². The number of aliphatic hydroxyl groups is 1. The van der Waals surface area contributed by atoms with E-state index in [4.69, 9.17) is 5.73 Å². The number of anilines is 1. The molecule has 0 aliphatic heterocycles. The number of nitrogens with zero attached hydrogens (tertiary/aromatic N) is 2. The van der Waals surface area contributed by atoms with Gasteiger partial charge in [-0.2, -0.15) is 0 Å². The Morgan fingerprint density at radius 3 is 2.33 bits per heavy atom. The Labute approximate surface area is 244 Å². The van der Waals surface area contributed by atoms with Crippen LogP contribution in [0.15, 0.2) is 6.07 Å². The molecule has 0 aromatic heterocycles. The monoisotopic (exact) mass is 580 g/mol. The fourth-order valence-corrected chi connectivity index (χ4v) is 8.98. The first-order valence-corrected chi connectivity index (χ1v) is 14.9. The maximum atomic E-state index is 14.2. The first-order valence-electron chi connectivity index (χ1n) is 14.9. The molecule has 1 aromatic rings. The molecule has 42 heavy (non-hydrogen) atoms. The van der Waals surface area contributed by atoms with E-state index in [1.54, 1.807) is 14.1 Å². The van der Waals surface area contributed by atoms with Crippen molar-refractivity contribution in [3.63, 3.8) is 0 Å². The van der Waals surface area contributed by atoms with E-state index in [0.29, 0.717) is 29.6 Å². The number of Topliss-reactive ketones (excluding diaryl/α,β-unsaturated/α-hetero) is 4. The zero-order valence-corrected chi connectivity index (χ0v) is 24.6. The normalized spacial score (nSPS) is 37.1. The molecule has 4 fully saturated rings. The molecule has 0 spiro atoms. The average molecular weight is 581 g/mol. The van der Waals surface area contributed by atoms with E-state index in [2.05, 4.69) is 5.32 Å². The van der Waals surface area contributed by atoms with Gasteiger partial charge in [0.05, 0.1) is 17.5 Å². The largest absolute Gasteiger partial charge is 0.507 e. The number of fused-ring (bicyclic) bond motifs is 5. The molecule has 1 amide bonds. The lowest BCUT2D eigenvalue weighted by Gasteiger charge is -2.52. The fraction of sp³-hybridized carbons (Fsp3) is 0.645. The minimum absolute atomic E-state index is 0.0328. The standard InChI is InChI=1S/C31H40N4O7/c1-34(2)20-11-16(12-33-19-8-13-5-6-14(19)7-13)25(36)22-17(20)9-15-10-18-24(35(3)4)27(38)23(30(32)41)29(40)31(18,42)28(39)21(15)26(22)37/h11,13-15,18-19,21,23-24,33,36,42H,5-10,12H2,1-4H3,(H2,32,41)/t13-,14+,15-,18-,19?,21?,23?,24-,31-/m0/s1. The van der Waals surface area contributed by atoms with E-state index in [1.165, 1.54) is 24.2 Å². The molecule has 2 bridgehead atoms. The Balaban J connectivity index is 1.39. The van der Waals surface area contributed by atoms with Crippen LogP contribution in [0.3, 0.4) is 0 Å². The van der Waals surface area contributed by atoms with Crippen LogP contribution < -0.4 is 16.0 Å². The van der Waals surface area contributed by atoms with Crippen LogP contribution >= 0.6 is 0 Å². The highest BCUT2D eigenvalue weighted by Gasteiger charge is 2.69. The Morgan fingerprint density at radius 1 is 1.05 bits per heavy atom. The highest BCUT2D eigenvalue weighted by atomic mass is 16.3. The molecule has 6 rings (SSSR count). The summed E-state index contributed by atoms with van der Waals surface area (Å²) in [5.41, 5.74) is 4.62. The Hall–Kier alpha value is -3.15. The number of phenolic OH excluding ortho intramolecular Hbond substituents is 1. The number of hydrogen-bond acceptors (Lipinski definition) is 10. The molecule has 9 atom stereocenters. The summed E-state index contributed by atoms with van der Waals surface area (Å²) >= 11 is 0. The Morgan fingerprint density at radius 2 is 1.76 bits per heavy atom. The molecular weight excluding hydrogens is 540 g/mol. The second-order valence-electron chi connectivity index (χ2n) is 13.6. The highest BCUT2D eigenvalue weighted by Crippen LogP contribution is 2.52. The fourth-order valence-electron chi connectivity index (χ4n) is 8.98. The third kappa shape index (κ3) is 4.00.